The van der Waals surface area contributed by atoms with Gasteiger partial charge in [0.25, 0.3) is 0 Å². The third-order valence-corrected chi connectivity index (χ3v) is 5.61. The van der Waals surface area contributed by atoms with Gasteiger partial charge in [-0.3, -0.25) is 4.79 Å². The lowest BCUT2D eigenvalue weighted by Gasteiger charge is -2.21. The van der Waals surface area contributed by atoms with Gasteiger partial charge in [0.15, 0.2) is 0 Å². The number of nitrogens with zero attached hydrogens (tertiary/aromatic N) is 1. The quantitative estimate of drug-likeness (QED) is 0.606. The van der Waals surface area contributed by atoms with Crippen LogP contribution in [0.15, 0.2) is 41.3 Å². The molecule has 0 heterocycles. The first kappa shape index (κ1) is 23.4. The topological polar surface area (TPSA) is 125 Å². The zero-order valence-electron chi connectivity index (χ0n) is 17.6. The van der Waals surface area contributed by atoms with Gasteiger partial charge in [0.2, 0.25) is 10.0 Å². The minimum Gasteiger partial charge on any atom is -0.480 e. The Hall–Kier alpha value is -2.85. The molecule has 30 heavy (non-hydrogen) atoms. The van der Waals surface area contributed by atoms with Crippen LogP contribution in [0.2, 0.25) is 0 Å². The van der Waals surface area contributed by atoms with Crippen LogP contribution >= 0.6 is 0 Å². The van der Waals surface area contributed by atoms with E-state index in [1.807, 2.05) is 25.1 Å². The highest BCUT2D eigenvalue weighted by atomic mass is 32.2. The molecule has 1 unspecified atom stereocenters. The number of ether oxygens (including phenoxy) is 1. The van der Waals surface area contributed by atoms with Gasteiger partial charge in [0, 0.05) is 37.1 Å². The van der Waals surface area contributed by atoms with Gasteiger partial charge in [-0.2, -0.15) is 4.72 Å². The van der Waals surface area contributed by atoms with E-state index in [0.29, 0.717) is 10.8 Å². The van der Waals surface area contributed by atoms with E-state index in [2.05, 4.69) is 10.0 Å². The molecular weight excluding hydrogens is 410 g/mol. The minimum atomic E-state index is -4.20. The molecule has 0 aliphatic heterocycles. The van der Waals surface area contributed by atoms with Crippen LogP contribution < -0.4 is 14.9 Å². The van der Waals surface area contributed by atoms with Crippen molar-refractivity contribution in [3.8, 4) is 0 Å². The first-order valence-corrected chi connectivity index (χ1v) is 10.7. The molecule has 0 radical (unpaired) electrons. The number of amides is 1. The maximum atomic E-state index is 13.0. The summed E-state index contributed by atoms with van der Waals surface area (Å²) < 4.78 is 33.2. The average Bonchev–Trinajstić information content (AvgIpc) is 2.62. The number of aliphatic carboxylic acids is 1. The van der Waals surface area contributed by atoms with Crippen LogP contribution in [0.4, 0.5) is 10.5 Å². The van der Waals surface area contributed by atoms with Gasteiger partial charge in [0.1, 0.15) is 11.6 Å². The molecule has 2 aromatic carbocycles. The molecule has 2 aromatic rings. The minimum absolute atomic E-state index is 0.0489. The van der Waals surface area contributed by atoms with Gasteiger partial charge in [0.05, 0.1) is 4.90 Å². The second-order valence-corrected chi connectivity index (χ2v) is 9.60. The number of carboxylic acid groups (broad SMARTS) is 1. The van der Waals surface area contributed by atoms with E-state index in [0.717, 1.165) is 5.69 Å². The molecule has 164 valence electrons. The van der Waals surface area contributed by atoms with Gasteiger partial charge in [-0.15, -0.1) is 0 Å². The predicted octanol–water partition coefficient (Wildman–Crippen LogP) is 2.16. The summed E-state index contributed by atoms with van der Waals surface area (Å²) in [5, 5.41) is 12.9. The van der Waals surface area contributed by atoms with Crippen molar-refractivity contribution < 1.29 is 27.9 Å². The maximum Gasteiger partial charge on any atom is 0.407 e. The van der Waals surface area contributed by atoms with Gasteiger partial charge in [-0.05, 0) is 32.9 Å². The second-order valence-electron chi connectivity index (χ2n) is 7.92. The number of hydrogen-bond donors (Lipinski definition) is 3. The Morgan fingerprint density at radius 1 is 1.10 bits per heavy atom. The lowest BCUT2D eigenvalue weighted by molar-refractivity contribution is -0.138. The average molecular weight is 438 g/mol. The molecule has 0 saturated heterocycles. The van der Waals surface area contributed by atoms with Gasteiger partial charge in [-0.25, -0.2) is 13.2 Å². The predicted molar refractivity (Wildman–Crippen MR) is 114 cm³/mol. The van der Waals surface area contributed by atoms with Crippen molar-refractivity contribution in [2.75, 3.05) is 25.5 Å². The Labute approximate surface area is 176 Å². The zero-order valence-corrected chi connectivity index (χ0v) is 18.4. The largest absolute Gasteiger partial charge is 0.480 e. The number of alkyl carbamates (subject to hydrolysis) is 1. The monoisotopic (exact) mass is 437 g/mol. The van der Waals surface area contributed by atoms with Crippen LogP contribution in [0.3, 0.4) is 0 Å². The summed E-state index contributed by atoms with van der Waals surface area (Å²) >= 11 is 0. The summed E-state index contributed by atoms with van der Waals surface area (Å²) in [5.41, 5.74) is 0.0565. The molecule has 0 spiro atoms. The smallest absolute Gasteiger partial charge is 0.407 e. The van der Waals surface area contributed by atoms with Crippen LogP contribution in [-0.2, 0) is 19.6 Å². The number of carboxylic acids is 1. The maximum absolute atomic E-state index is 13.0. The molecular formula is C20H27N3O6S. The molecule has 0 saturated carbocycles. The molecule has 2 rings (SSSR count). The van der Waals surface area contributed by atoms with E-state index in [4.69, 9.17) is 4.74 Å². The highest BCUT2D eigenvalue weighted by molar-refractivity contribution is 7.89. The Morgan fingerprint density at radius 2 is 1.70 bits per heavy atom. The first-order chi connectivity index (χ1) is 13.8. The Bertz CT molecular complexity index is 1040. The molecule has 0 aliphatic carbocycles. The van der Waals surface area contributed by atoms with Crippen molar-refractivity contribution in [3.05, 3.63) is 36.4 Å². The summed E-state index contributed by atoms with van der Waals surface area (Å²) in [6.07, 6.45) is -0.839. The standard InChI is InChI=1S/C20H27N3O6S/c1-20(2,3)29-19(26)21-12-15(18(24)25)22-30(27,28)17-11-7-8-13-14(17)9-6-10-16(13)23(4)5/h6-11,15,22H,12H2,1-5H3,(H,21,26)(H,24,25). The van der Waals surface area contributed by atoms with Crippen LogP contribution in [0.5, 0.6) is 0 Å². The number of rotatable bonds is 7. The second kappa shape index (κ2) is 8.88. The fraction of sp³-hybridized carbons (Fsp3) is 0.400. The van der Waals surface area contributed by atoms with Crippen molar-refractivity contribution in [1.29, 1.82) is 0 Å². The molecule has 3 N–H and O–H groups in total. The SMILES string of the molecule is CN(C)c1cccc2c(S(=O)(=O)NC(CNC(=O)OC(C)(C)C)C(=O)O)cccc12. The number of fused-ring (bicyclic) bond motifs is 1. The van der Waals surface area contributed by atoms with E-state index in [-0.39, 0.29) is 4.90 Å². The van der Waals surface area contributed by atoms with Gasteiger partial charge >= 0.3 is 12.1 Å². The molecule has 0 aromatic heterocycles. The van der Waals surface area contributed by atoms with Crippen LogP contribution in [0.1, 0.15) is 20.8 Å². The van der Waals surface area contributed by atoms with Crippen molar-refractivity contribution >= 4 is 38.5 Å². The van der Waals surface area contributed by atoms with Crippen LogP contribution in [0.25, 0.3) is 10.8 Å². The molecule has 1 atom stereocenters. The number of benzene rings is 2. The van der Waals surface area contributed by atoms with Crippen molar-refractivity contribution in [1.82, 2.24) is 10.0 Å². The molecule has 0 bridgehead atoms. The lowest BCUT2D eigenvalue weighted by Crippen LogP contribution is -2.49. The van der Waals surface area contributed by atoms with Crippen LogP contribution in [0, 0.1) is 0 Å². The van der Waals surface area contributed by atoms with Crippen LogP contribution in [-0.4, -0.2) is 57.9 Å². The highest BCUT2D eigenvalue weighted by Crippen LogP contribution is 2.30. The summed E-state index contributed by atoms with van der Waals surface area (Å²) in [6.45, 7) is 4.50. The Morgan fingerprint density at radius 3 is 2.27 bits per heavy atom. The van der Waals surface area contributed by atoms with E-state index in [9.17, 15) is 23.1 Å². The number of nitrogens with one attached hydrogen (secondary N) is 2. The van der Waals surface area contributed by atoms with Crippen molar-refractivity contribution in [3.63, 3.8) is 0 Å². The Balaban J connectivity index is 2.30. The number of sulfonamides is 1. The number of hydrogen-bond acceptors (Lipinski definition) is 6. The molecule has 0 fully saturated rings. The summed E-state index contributed by atoms with van der Waals surface area (Å²) in [5.74, 6) is -1.43. The summed E-state index contributed by atoms with van der Waals surface area (Å²) in [6, 6.07) is 8.47. The third kappa shape index (κ3) is 5.83. The zero-order chi connectivity index (χ0) is 22.7. The van der Waals surface area contributed by atoms with E-state index >= 15 is 0 Å². The van der Waals surface area contributed by atoms with E-state index < -0.39 is 40.3 Å². The number of carbonyl (C=O) groups is 2. The van der Waals surface area contributed by atoms with E-state index in [1.165, 1.54) is 6.07 Å². The number of anilines is 1. The number of carbonyl (C=O) groups excluding carboxylic acids is 1. The van der Waals surface area contributed by atoms with Crippen molar-refractivity contribution in [2.24, 2.45) is 0 Å². The molecule has 9 nitrogen and oxygen atoms in total. The highest BCUT2D eigenvalue weighted by Gasteiger charge is 2.28. The fourth-order valence-corrected chi connectivity index (χ4v) is 4.23. The Kier molecular flexibility index (Phi) is 6.94. The fourth-order valence-electron chi connectivity index (χ4n) is 2.82. The van der Waals surface area contributed by atoms with E-state index in [1.54, 1.807) is 45.0 Å². The molecule has 0 aliphatic rings. The van der Waals surface area contributed by atoms with Gasteiger partial charge in [-0.1, -0.05) is 24.3 Å². The van der Waals surface area contributed by atoms with Crippen molar-refractivity contribution in [2.45, 2.75) is 37.3 Å². The van der Waals surface area contributed by atoms with Gasteiger partial charge < -0.3 is 20.1 Å². The first-order valence-electron chi connectivity index (χ1n) is 9.23. The third-order valence-electron chi connectivity index (χ3n) is 4.08. The molecule has 10 heteroatoms. The summed E-state index contributed by atoms with van der Waals surface area (Å²) in [7, 11) is -0.510. The normalized spacial score (nSPS) is 13.0. The molecule has 1 amide bonds. The summed E-state index contributed by atoms with van der Waals surface area (Å²) in [4.78, 5) is 25.2. The lowest BCUT2D eigenvalue weighted by atomic mass is 10.1.